The van der Waals surface area contributed by atoms with E-state index in [0.29, 0.717) is 23.6 Å². The molecule has 7 heteroatoms. The van der Waals surface area contributed by atoms with Crippen molar-refractivity contribution in [3.8, 4) is 0 Å². The van der Waals surface area contributed by atoms with Crippen molar-refractivity contribution in [3.63, 3.8) is 0 Å². The Hall–Kier alpha value is -2.05. The van der Waals surface area contributed by atoms with Crippen LogP contribution in [0.2, 0.25) is 5.02 Å². The third kappa shape index (κ3) is 6.24. The highest BCUT2D eigenvalue weighted by molar-refractivity contribution is 7.99. The molecule has 0 heterocycles. The molecule has 0 bridgehead atoms. The average Bonchev–Trinajstić information content (AvgIpc) is 2.70. The van der Waals surface area contributed by atoms with Crippen LogP contribution in [-0.4, -0.2) is 42.1 Å². The summed E-state index contributed by atoms with van der Waals surface area (Å²) < 4.78 is 13.9. The van der Waals surface area contributed by atoms with Crippen molar-refractivity contribution in [1.82, 2.24) is 10.2 Å². The molecule has 1 atom stereocenters. The molecular formula is C21H24ClFN2O2S. The first-order valence-corrected chi connectivity index (χ1v) is 10.5. The lowest BCUT2D eigenvalue weighted by Gasteiger charge is -2.28. The Morgan fingerprint density at radius 2 is 1.89 bits per heavy atom. The number of nitrogens with zero attached hydrogens (tertiary/aromatic N) is 1. The maximum atomic E-state index is 13.9. The molecule has 2 aromatic rings. The molecule has 0 fully saturated rings. The monoisotopic (exact) mass is 422 g/mol. The van der Waals surface area contributed by atoms with Crippen molar-refractivity contribution in [3.05, 3.63) is 70.5 Å². The molecule has 1 N–H and O–H groups in total. The van der Waals surface area contributed by atoms with Gasteiger partial charge in [0.25, 0.3) is 0 Å². The van der Waals surface area contributed by atoms with Gasteiger partial charge in [0.2, 0.25) is 11.8 Å². The van der Waals surface area contributed by atoms with Gasteiger partial charge in [-0.2, -0.15) is 0 Å². The minimum atomic E-state index is -0.584. The van der Waals surface area contributed by atoms with Gasteiger partial charge in [0.15, 0.2) is 0 Å². The Kier molecular flexibility index (Phi) is 8.80. The normalized spacial score (nSPS) is 11.7. The predicted octanol–water partition coefficient (Wildman–Crippen LogP) is 3.92. The lowest BCUT2D eigenvalue weighted by atomic mass is 10.1. The van der Waals surface area contributed by atoms with Gasteiger partial charge in [0.05, 0.1) is 5.75 Å². The van der Waals surface area contributed by atoms with Gasteiger partial charge in [-0.15, -0.1) is 11.8 Å². The second kappa shape index (κ2) is 11.1. The molecule has 28 heavy (non-hydrogen) atoms. The van der Waals surface area contributed by atoms with E-state index in [2.05, 4.69) is 5.32 Å². The highest BCUT2D eigenvalue weighted by atomic mass is 35.5. The number of likely N-dealkylation sites (N-methyl/N-ethyl adjacent to an activating group) is 1. The minimum absolute atomic E-state index is 0.140. The largest absolute Gasteiger partial charge is 0.357 e. The number of hydrogen-bond acceptors (Lipinski definition) is 3. The molecular weight excluding hydrogens is 399 g/mol. The van der Waals surface area contributed by atoms with Crippen molar-refractivity contribution >= 4 is 35.2 Å². The topological polar surface area (TPSA) is 49.4 Å². The van der Waals surface area contributed by atoms with Crippen molar-refractivity contribution in [2.75, 3.05) is 19.3 Å². The summed E-state index contributed by atoms with van der Waals surface area (Å²) >= 11 is 7.32. The van der Waals surface area contributed by atoms with Gasteiger partial charge in [0, 0.05) is 29.9 Å². The maximum absolute atomic E-state index is 13.9. The standard InChI is InChI=1S/C21H24ClFN2O2S/c1-15(21(27)24-2)25(12-11-16-7-4-3-5-8-16)20(26)14-28-13-17-18(22)9-6-10-19(17)23/h3-10,15H,11-14H2,1-2H3,(H,24,27). The van der Waals surface area contributed by atoms with Crippen molar-refractivity contribution < 1.29 is 14.0 Å². The smallest absolute Gasteiger partial charge is 0.242 e. The Bertz CT molecular complexity index is 784. The molecule has 0 spiro atoms. The van der Waals surface area contributed by atoms with E-state index in [1.54, 1.807) is 31.0 Å². The van der Waals surface area contributed by atoms with E-state index in [4.69, 9.17) is 11.6 Å². The summed E-state index contributed by atoms with van der Waals surface area (Å²) in [6.07, 6.45) is 0.651. The van der Waals surface area contributed by atoms with Crippen molar-refractivity contribution in [1.29, 1.82) is 0 Å². The third-order valence-electron chi connectivity index (χ3n) is 4.43. The lowest BCUT2D eigenvalue weighted by molar-refractivity contribution is -0.137. The van der Waals surface area contributed by atoms with Crippen LogP contribution in [0.1, 0.15) is 18.1 Å². The number of thioether (sulfide) groups is 1. The molecule has 2 rings (SSSR count). The van der Waals surface area contributed by atoms with Crippen LogP contribution in [0.15, 0.2) is 48.5 Å². The first-order chi connectivity index (χ1) is 13.4. The molecule has 0 saturated heterocycles. The zero-order valence-corrected chi connectivity index (χ0v) is 17.5. The van der Waals surface area contributed by atoms with Gasteiger partial charge < -0.3 is 10.2 Å². The van der Waals surface area contributed by atoms with Crippen LogP contribution in [0.4, 0.5) is 4.39 Å². The van der Waals surface area contributed by atoms with Gasteiger partial charge in [-0.25, -0.2) is 4.39 Å². The van der Waals surface area contributed by atoms with E-state index in [-0.39, 0.29) is 29.1 Å². The number of amides is 2. The summed E-state index contributed by atoms with van der Waals surface area (Å²) in [6.45, 7) is 2.14. The van der Waals surface area contributed by atoms with E-state index >= 15 is 0 Å². The molecule has 0 aliphatic heterocycles. The van der Waals surface area contributed by atoms with Gasteiger partial charge >= 0.3 is 0 Å². The number of carbonyl (C=O) groups is 2. The number of rotatable bonds is 9. The first-order valence-electron chi connectivity index (χ1n) is 8.99. The number of benzene rings is 2. The Balaban J connectivity index is 2.00. The van der Waals surface area contributed by atoms with E-state index in [0.717, 1.165) is 5.56 Å². The summed E-state index contributed by atoms with van der Waals surface area (Å²) in [5.74, 6) is -0.334. The van der Waals surface area contributed by atoms with Crippen LogP contribution >= 0.6 is 23.4 Å². The molecule has 1 unspecified atom stereocenters. The molecule has 0 radical (unpaired) electrons. The van der Waals surface area contributed by atoms with E-state index < -0.39 is 6.04 Å². The second-order valence-corrected chi connectivity index (χ2v) is 7.70. The molecule has 0 aliphatic rings. The van der Waals surface area contributed by atoms with Crippen LogP contribution in [-0.2, 0) is 21.8 Å². The van der Waals surface area contributed by atoms with Gasteiger partial charge in [-0.05, 0) is 31.0 Å². The van der Waals surface area contributed by atoms with E-state index in [9.17, 15) is 14.0 Å². The van der Waals surface area contributed by atoms with Crippen LogP contribution in [0, 0.1) is 5.82 Å². The zero-order valence-electron chi connectivity index (χ0n) is 16.0. The fourth-order valence-corrected chi connectivity index (χ4v) is 4.02. The minimum Gasteiger partial charge on any atom is -0.357 e. The zero-order chi connectivity index (χ0) is 20.5. The van der Waals surface area contributed by atoms with Crippen LogP contribution in [0.3, 0.4) is 0 Å². The second-order valence-electron chi connectivity index (χ2n) is 6.31. The van der Waals surface area contributed by atoms with E-state index in [1.165, 1.54) is 17.8 Å². The number of halogens is 2. The highest BCUT2D eigenvalue weighted by Gasteiger charge is 2.25. The molecule has 0 aliphatic carbocycles. The van der Waals surface area contributed by atoms with Crippen LogP contribution in [0.5, 0.6) is 0 Å². The Morgan fingerprint density at radius 1 is 1.18 bits per heavy atom. The third-order valence-corrected chi connectivity index (χ3v) is 5.73. The number of carbonyl (C=O) groups excluding carboxylic acids is 2. The van der Waals surface area contributed by atoms with Crippen molar-refractivity contribution in [2.24, 2.45) is 0 Å². The molecule has 0 saturated carbocycles. The summed E-state index contributed by atoms with van der Waals surface area (Å²) in [7, 11) is 1.55. The summed E-state index contributed by atoms with van der Waals surface area (Å²) in [5, 5.41) is 2.94. The molecule has 150 valence electrons. The maximum Gasteiger partial charge on any atom is 0.242 e. The SMILES string of the molecule is CNC(=O)C(C)N(CCc1ccccc1)C(=O)CSCc1c(F)cccc1Cl. The van der Waals surface area contributed by atoms with Gasteiger partial charge in [0.1, 0.15) is 11.9 Å². The first kappa shape index (κ1) is 22.2. The summed E-state index contributed by atoms with van der Waals surface area (Å²) in [6, 6.07) is 13.7. The molecule has 0 aromatic heterocycles. The van der Waals surface area contributed by atoms with Gasteiger partial charge in [-0.3, -0.25) is 9.59 Å². The predicted molar refractivity (Wildman–Crippen MR) is 113 cm³/mol. The fraction of sp³-hybridized carbons (Fsp3) is 0.333. The molecule has 2 amide bonds. The quantitative estimate of drug-likeness (QED) is 0.666. The molecule has 4 nitrogen and oxygen atoms in total. The van der Waals surface area contributed by atoms with Crippen LogP contribution in [0.25, 0.3) is 0 Å². The highest BCUT2D eigenvalue weighted by Crippen LogP contribution is 2.24. The fourth-order valence-electron chi connectivity index (χ4n) is 2.77. The Labute approximate surface area is 174 Å². The lowest BCUT2D eigenvalue weighted by Crippen LogP contribution is -2.48. The summed E-state index contributed by atoms with van der Waals surface area (Å²) in [5.41, 5.74) is 1.48. The van der Waals surface area contributed by atoms with Crippen LogP contribution < -0.4 is 5.32 Å². The van der Waals surface area contributed by atoms with Crippen molar-refractivity contribution in [2.45, 2.75) is 25.1 Å². The number of nitrogens with one attached hydrogen (secondary N) is 1. The van der Waals surface area contributed by atoms with Gasteiger partial charge in [-0.1, -0.05) is 48.0 Å². The molecule has 2 aromatic carbocycles. The summed E-state index contributed by atoms with van der Waals surface area (Å²) in [4.78, 5) is 26.4. The Morgan fingerprint density at radius 3 is 2.54 bits per heavy atom. The number of hydrogen-bond donors (Lipinski definition) is 1. The average molecular weight is 423 g/mol. The van der Waals surface area contributed by atoms with E-state index in [1.807, 2.05) is 30.3 Å².